The summed E-state index contributed by atoms with van der Waals surface area (Å²) >= 11 is 0. The summed E-state index contributed by atoms with van der Waals surface area (Å²) in [7, 11) is 1.81. The third-order valence-corrected chi connectivity index (χ3v) is 2.95. The third kappa shape index (κ3) is 1.79. The molecule has 3 aromatic rings. The lowest BCUT2D eigenvalue weighted by molar-refractivity contribution is 1.13. The first-order valence-electron chi connectivity index (χ1n) is 5.84. The predicted octanol–water partition coefficient (Wildman–Crippen LogP) is 2.31. The summed E-state index contributed by atoms with van der Waals surface area (Å²) in [5, 5.41) is 12.0. The van der Waals surface area contributed by atoms with Crippen LogP contribution in [0.2, 0.25) is 0 Å². The van der Waals surface area contributed by atoms with Gasteiger partial charge in [-0.2, -0.15) is 5.26 Å². The number of fused-ring (bicyclic) bond motifs is 1. The Balaban J connectivity index is 2.23. The molecule has 0 spiro atoms. The molecule has 19 heavy (non-hydrogen) atoms. The van der Waals surface area contributed by atoms with Gasteiger partial charge >= 0.3 is 0 Å². The largest absolute Gasteiger partial charge is 0.370 e. The second kappa shape index (κ2) is 4.42. The quantitative estimate of drug-likeness (QED) is 0.756. The Bertz CT molecular complexity index is 782. The van der Waals surface area contributed by atoms with Gasteiger partial charge in [-0.3, -0.25) is 4.40 Å². The number of nitrogens with zero attached hydrogens (tertiary/aromatic N) is 4. The van der Waals surface area contributed by atoms with Gasteiger partial charge in [0.05, 0.1) is 23.5 Å². The molecule has 2 aromatic heterocycles. The lowest BCUT2D eigenvalue weighted by Gasteiger charge is -2.04. The highest BCUT2D eigenvalue weighted by atomic mass is 15.1. The minimum absolute atomic E-state index is 0.635. The van der Waals surface area contributed by atoms with Crippen LogP contribution in [0.15, 0.2) is 42.9 Å². The molecular weight excluding hydrogens is 238 g/mol. The van der Waals surface area contributed by atoms with E-state index in [9.17, 15) is 0 Å². The van der Waals surface area contributed by atoms with E-state index in [1.165, 1.54) is 0 Å². The summed E-state index contributed by atoms with van der Waals surface area (Å²) < 4.78 is 1.95. The molecule has 0 aliphatic heterocycles. The van der Waals surface area contributed by atoms with Crippen molar-refractivity contribution in [2.45, 2.75) is 0 Å². The second-order valence-electron chi connectivity index (χ2n) is 4.06. The van der Waals surface area contributed by atoms with Crippen LogP contribution in [-0.2, 0) is 0 Å². The molecule has 0 radical (unpaired) electrons. The minimum atomic E-state index is 0.635. The van der Waals surface area contributed by atoms with Crippen molar-refractivity contribution >= 4 is 11.5 Å². The topological polar surface area (TPSA) is 66.0 Å². The SMILES string of the molecule is CNc1nccn2c(-c3cccc(C#N)c3)cnc12. The van der Waals surface area contributed by atoms with Gasteiger partial charge in [-0.1, -0.05) is 12.1 Å². The Kier molecular flexibility index (Phi) is 2.62. The van der Waals surface area contributed by atoms with Crippen molar-refractivity contribution < 1.29 is 0 Å². The fourth-order valence-electron chi connectivity index (χ4n) is 2.06. The first-order valence-corrected chi connectivity index (χ1v) is 5.84. The maximum absolute atomic E-state index is 8.96. The minimum Gasteiger partial charge on any atom is -0.370 e. The number of hydrogen-bond acceptors (Lipinski definition) is 4. The summed E-state index contributed by atoms with van der Waals surface area (Å²) in [6.45, 7) is 0. The van der Waals surface area contributed by atoms with Crippen LogP contribution in [-0.4, -0.2) is 21.4 Å². The predicted molar refractivity (Wildman–Crippen MR) is 72.7 cm³/mol. The van der Waals surface area contributed by atoms with Crippen LogP contribution in [0.3, 0.4) is 0 Å². The van der Waals surface area contributed by atoms with E-state index in [4.69, 9.17) is 5.26 Å². The molecule has 0 amide bonds. The molecule has 0 aliphatic carbocycles. The van der Waals surface area contributed by atoms with Crippen LogP contribution in [0.5, 0.6) is 0 Å². The number of rotatable bonds is 2. The van der Waals surface area contributed by atoms with Gasteiger partial charge in [0.15, 0.2) is 11.5 Å². The van der Waals surface area contributed by atoms with Crippen molar-refractivity contribution in [2.24, 2.45) is 0 Å². The first-order chi connectivity index (χ1) is 9.33. The molecule has 0 fully saturated rings. The van der Waals surface area contributed by atoms with Gasteiger partial charge < -0.3 is 5.32 Å². The average Bonchev–Trinajstić information content (AvgIpc) is 2.91. The number of imidazole rings is 1. The zero-order valence-electron chi connectivity index (χ0n) is 10.3. The number of nitrogens with one attached hydrogen (secondary N) is 1. The lowest BCUT2D eigenvalue weighted by Crippen LogP contribution is -1.97. The van der Waals surface area contributed by atoms with E-state index in [2.05, 4.69) is 21.4 Å². The van der Waals surface area contributed by atoms with Crippen molar-refractivity contribution in [3.8, 4) is 17.3 Å². The van der Waals surface area contributed by atoms with E-state index >= 15 is 0 Å². The highest BCUT2D eigenvalue weighted by Crippen LogP contribution is 2.23. The van der Waals surface area contributed by atoms with Gasteiger partial charge in [-0.05, 0) is 12.1 Å². The maximum atomic E-state index is 8.96. The van der Waals surface area contributed by atoms with Crippen LogP contribution in [0, 0.1) is 11.3 Å². The number of nitriles is 1. The van der Waals surface area contributed by atoms with Crippen LogP contribution < -0.4 is 5.32 Å². The molecule has 3 rings (SSSR count). The van der Waals surface area contributed by atoms with Crippen LogP contribution in [0.4, 0.5) is 5.82 Å². The Morgan fingerprint density at radius 1 is 1.32 bits per heavy atom. The molecule has 1 N–H and O–H groups in total. The summed E-state index contributed by atoms with van der Waals surface area (Å²) in [6, 6.07) is 9.61. The Labute approximate surface area is 110 Å². The smallest absolute Gasteiger partial charge is 0.180 e. The molecule has 0 saturated carbocycles. The van der Waals surface area contributed by atoms with E-state index in [0.717, 1.165) is 22.7 Å². The maximum Gasteiger partial charge on any atom is 0.180 e. The summed E-state index contributed by atoms with van der Waals surface area (Å²) in [5.74, 6) is 0.727. The van der Waals surface area contributed by atoms with E-state index < -0.39 is 0 Å². The van der Waals surface area contributed by atoms with Crippen LogP contribution in [0.25, 0.3) is 16.9 Å². The van der Waals surface area contributed by atoms with Gasteiger partial charge in [0, 0.05) is 25.0 Å². The summed E-state index contributed by atoms with van der Waals surface area (Å²) in [6.07, 6.45) is 5.37. The number of aromatic nitrogens is 3. The summed E-state index contributed by atoms with van der Waals surface area (Å²) in [5.41, 5.74) is 3.29. The zero-order valence-corrected chi connectivity index (χ0v) is 10.3. The highest BCUT2D eigenvalue weighted by molar-refractivity contribution is 5.71. The fourth-order valence-corrected chi connectivity index (χ4v) is 2.06. The number of benzene rings is 1. The van der Waals surface area contributed by atoms with Crippen molar-refractivity contribution in [2.75, 3.05) is 12.4 Å². The van der Waals surface area contributed by atoms with Gasteiger partial charge in [-0.15, -0.1) is 0 Å². The molecular formula is C14H11N5. The lowest BCUT2D eigenvalue weighted by atomic mass is 10.1. The van der Waals surface area contributed by atoms with E-state index in [-0.39, 0.29) is 0 Å². The molecule has 5 heteroatoms. The molecule has 2 heterocycles. The normalized spacial score (nSPS) is 10.3. The molecule has 0 bridgehead atoms. The van der Waals surface area contributed by atoms with Crippen molar-refractivity contribution in [3.05, 3.63) is 48.4 Å². The number of anilines is 1. The van der Waals surface area contributed by atoms with Gasteiger partial charge in [0.25, 0.3) is 0 Å². The fraction of sp³-hybridized carbons (Fsp3) is 0.0714. The zero-order chi connectivity index (χ0) is 13.2. The Morgan fingerprint density at radius 2 is 2.21 bits per heavy atom. The van der Waals surface area contributed by atoms with Gasteiger partial charge in [0.2, 0.25) is 0 Å². The molecule has 0 unspecified atom stereocenters. The standard InChI is InChI=1S/C14H11N5/c1-16-13-14-18-9-12(19(14)6-5-17-13)11-4-2-3-10(7-11)8-15/h2-7,9H,1H3,(H,16,17). The average molecular weight is 249 g/mol. The monoisotopic (exact) mass is 249 g/mol. The van der Waals surface area contributed by atoms with Crippen molar-refractivity contribution in [3.63, 3.8) is 0 Å². The van der Waals surface area contributed by atoms with Crippen molar-refractivity contribution in [1.29, 1.82) is 5.26 Å². The van der Waals surface area contributed by atoms with Crippen LogP contribution >= 0.6 is 0 Å². The third-order valence-electron chi connectivity index (χ3n) is 2.95. The van der Waals surface area contributed by atoms with E-state index in [1.54, 1.807) is 18.5 Å². The van der Waals surface area contributed by atoms with Gasteiger partial charge in [0.1, 0.15) is 0 Å². The molecule has 5 nitrogen and oxygen atoms in total. The van der Waals surface area contributed by atoms with E-state index in [1.807, 2.05) is 35.8 Å². The van der Waals surface area contributed by atoms with Crippen LogP contribution in [0.1, 0.15) is 5.56 Å². The highest BCUT2D eigenvalue weighted by Gasteiger charge is 2.09. The second-order valence-corrected chi connectivity index (χ2v) is 4.06. The molecule has 0 atom stereocenters. The Morgan fingerprint density at radius 3 is 3.00 bits per heavy atom. The first kappa shape index (κ1) is 11.2. The number of hydrogen-bond donors (Lipinski definition) is 1. The summed E-state index contributed by atoms with van der Waals surface area (Å²) in [4.78, 5) is 8.60. The van der Waals surface area contributed by atoms with Gasteiger partial charge in [-0.25, -0.2) is 9.97 Å². The van der Waals surface area contributed by atoms with E-state index in [0.29, 0.717) is 5.56 Å². The molecule has 0 saturated heterocycles. The Hall–Kier alpha value is -2.87. The molecule has 1 aromatic carbocycles. The molecule has 92 valence electrons. The molecule has 0 aliphatic rings. The van der Waals surface area contributed by atoms with Crippen molar-refractivity contribution in [1.82, 2.24) is 14.4 Å².